The zero-order valence-corrected chi connectivity index (χ0v) is 8.22. The maximum absolute atomic E-state index is 11.8. The summed E-state index contributed by atoms with van der Waals surface area (Å²) in [7, 11) is 0. The van der Waals surface area contributed by atoms with Gasteiger partial charge in [0, 0.05) is 0 Å². The van der Waals surface area contributed by atoms with Gasteiger partial charge in [0.2, 0.25) is 5.78 Å². The molecule has 0 saturated carbocycles. The van der Waals surface area contributed by atoms with Gasteiger partial charge in [-0.05, 0) is 12.1 Å². The van der Waals surface area contributed by atoms with Gasteiger partial charge in [0.1, 0.15) is 0 Å². The minimum absolute atomic E-state index is 0.145. The first-order valence-corrected chi connectivity index (χ1v) is 4.75. The van der Waals surface area contributed by atoms with Crippen molar-refractivity contribution in [3.63, 3.8) is 0 Å². The minimum Gasteiger partial charge on any atom is -0.297 e. The highest BCUT2D eigenvalue weighted by molar-refractivity contribution is 7.15. The molecule has 15 heavy (non-hydrogen) atoms. The average molecular weight is 232 g/mol. The maximum atomic E-state index is 11.8. The number of halogens is 2. The van der Waals surface area contributed by atoms with Gasteiger partial charge in [-0.3, -0.25) is 14.4 Å². The molecule has 0 aliphatic rings. The van der Waals surface area contributed by atoms with E-state index >= 15 is 0 Å². The van der Waals surface area contributed by atoms with Crippen LogP contribution in [0.15, 0.2) is 12.1 Å². The molecule has 1 aromatic rings. The normalized spacial score (nSPS) is 10.3. The number of Topliss-reactive ketones (excluding diaryl/α,β-unsaturated/α-hetero) is 2. The standard InChI is InChI=1S/C9H6F2O3S/c10-9(11)7(14)3-6(13)8-2-1-5(4-12)15-8/h1-2,4,9H,3H2. The first-order valence-electron chi connectivity index (χ1n) is 3.93. The SMILES string of the molecule is O=Cc1ccc(C(=O)CC(=O)C(F)F)s1. The first-order chi connectivity index (χ1) is 7.04. The molecule has 0 aliphatic carbocycles. The van der Waals surface area contributed by atoms with Crippen LogP contribution in [0, 0.1) is 0 Å². The fourth-order valence-corrected chi connectivity index (χ4v) is 1.65. The van der Waals surface area contributed by atoms with E-state index in [2.05, 4.69) is 0 Å². The Morgan fingerprint density at radius 3 is 2.53 bits per heavy atom. The Labute approximate surface area is 87.7 Å². The van der Waals surface area contributed by atoms with Crippen molar-refractivity contribution in [2.75, 3.05) is 0 Å². The molecule has 0 aliphatic heterocycles. The van der Waals surface area contributed by atoms with Gasteiger partial charge in [-0.1, -0.05) is 0 Å². The van der Waals surface area contributed by atoms with Gasteiger partial charge in [-0.15, -0.1) is 11.3 Å². The Hall–Kier alpha value is -1.43. The highest BCUT2D eigenvalue weighted by Crippen LogP contribution is 2.17. The monoisotopic (exact) mass is 232 g/mol. The smallest absolute Gasteiger partial charge is 0.296 e. The summed E-state index contributed by atoms with van der Waals surface area (Å²) in [6.45, 7) is 0. The summed E-state index contributed by atoms with van der Waals surface area (Å²) >= 11 is 0.880. The number of hydrogen-bond donors (Lipinski definition) is 0. The summed E-state index contributed by atoms with van der Waals surface area (Å²) in [5.41, 5.74) is 0. The van der Waals surface area contributed by atoms with Crippen molar-refractivity contribution in [2.45, 2.75) is 12.8 Å². The van der Waals surface area contributed by atoms with E-state index in [0.29, 0.717) is 11.2 Å². The zero-order valence-electron chi connectivity index (χ0n) is 7.41. The lowest BCUT2D eigenvalue weighted by Crippen LogP contribution is -2.14. The van der Waals surface area contributed by atoms with Crippen molar-refractivity contribution < 1.29 is 23.2 Å². The molecule has 0 saturated heterocycles. The van der Waals surface area contributed by atoms with Crippen LogP contribution < -0.4 is 0 Å². The number of carbonyl (C=O) groups is 3. The Balaban J connectivity index is 2.69. The van der Waals surface area contributed by atoms with Crippen LogP contribution in [0.25, 0.3) is 0 Å². The van der Waals surface area contributed by atoms with E-state index in [1.165, 1.54) is 12.1 Å². The van der Waals surface area contributed by atoms with Crippen molar-refractivity contribution in [2.24, 2.45) is 0 Å². The van der Waals surface area contributed by atoms with Crippen LogP contribution in [0.2, 0.25) is 0 Å². The van der Waals surface area contributed by atoms with Crippen LogP contribution in [0.4, 0.5) is 8.78 Å². The molecule has 0 atom stereocenters. The van der Waals surface area contributed by atoms with Gasteiger partial charge in [-0.25, -0.2) is 8.78 Å². The molecule has 0 unspecified atom stereocenters. The van der Waals surface area contributed by atoms with E-state index < -0.39 is 24.4 Å². The predicted octanol–water partition coefficient (Wildman–Crippen LogP) is 1.97. The van der Waals surface area contributed by atoms with Crippen molar-refractivity contribution in [1.29, 1.82) is 0 Å². The number of rotatable bonds is 5. The van der Waals surface area contributed by atoms with Gasteiger partial charge >= 0.3 is 0 Å². The van der Waals surface area contributed by atoms with Crippen molar-refractivity contribution >= 4 is 29.2 Å². The second-order valence-electron chi connectivity index (χ2n) is 2.69. The number of alkyl halides is 2. The van der Waals surface area contributed by atoms with Crippen LogP contribution in [-0.4, -0.2) is 24.3 Å². The molecule has 0 amide bonds. The lowest BCUT2D eigenvalue weighted by Gasteiger charge is -1.96. The quantitative estimate of drug-likeness (QED) is 0.443. The average Bonchev–Trinajstić information content (AvgIpc) is 2.65. The molecule has 1 aromatic heterocycles. The van der Waals surface area contributed by atoms with Gasteiger partial charge < -0.3 is 0 Å². The highest BCUT2D eigenvalue weighted by Gasteiger charge is 2.20. The Morgan fingerprint density at radius 2 is 2.07 bits per heavy atom. The maximum Gasteiger partial charge on any atom is 0.296 e. The van der Waals surface area contributed by atoms with Crippen LogP contribution in [-0.2, 0) is 4.79 Å². The lowest BCUT2D eigenvalue weighted by molar-refractivity contribution is -0.128. The Bertz CT molecular complexity index is 398. The molecule has 0 N–H and O–H groups in total. The third kappa shape index (κ3) is 3.02. The second kappa shape index (κ2) is 4.88. The van der Waals surface area contributed by atoms with E-state index in [1.807, 2.05) is 0 Å². The number of thiophene rings is 1. The number of carbonyl (C=O) groups excluding carboxylic acids is 3. The molecule has 0 spiro atoms. The molecular weight excluding hydrogens is 226 g/mol. The Kier molecular flexibility index (Phi) is 3.79. The minimum atomic E-state index is -3.13. The van der Waals surface area contributed by atoms with Gasteiger partial charge in [-0.2, -0.15) is 0 Å². The summed E-state index contributed by atoms with van der Waals surface area (Å²) < 4.78 is 23.6. The van der Waals surface area contributed by atoms with E-state index in [-0.39, 0.29) is 4.88 Å². The van der Waals surface area contributed by atoms with Gasteiger partial charge in [0.25, 0.3) is 6.43 Å². The number of hydrogen-bond acceptors (Lipinski definition) is 4. The van der Waals surface area contributed by atoms with Crippen LogP contribution >= 0.6 is 11.3 Å². The van der Waals surface area contributed by atoms with Crippen LogP contribution in [0.5, 0.6) is 0 Å². The molecule has 0 bridgehead atoms. The first kappa shape index (κ1) is 11.6. The molecule has 1 rings (SSSR count). The molecule has 3 nitrogen and oxygen atoms in total. The summed E-state index contributed by atoms with van der Waals surface area (Å²) in [6, 6.07) is 2.74. The zero-order chi connectivity index (χ0) is 11.4. The van der Waals surface area contributed by atoms with E-state index in [1.54, 1.807) is 0 Å². The second-order valence-corrected chi connectivity index (χ2v) is 3.80. The molecule has 6 heteroatoms. The summed E-state index contributed by atoms with van der Waals surface area (Å²) in [6.07, 6.45) is -3.40. The fraction of sp³-hybridized carbons (Fsp3) is 0.222. The van der Waals surface area contributed by atoms with Crippen LogP contribution in [0.1, 0.15) is 25.8 Å². The Morgan fingerprint density at radius 1 is 1.40 bits per heavy atom. The highest BCUT2D eigenvalue weighted by atomic mass is 32.1. The molecule has 1 heterocycles. The third-order valence-electron chi connectivity index (χ3n) is 1.60. The van der Waals surface area contributed by atoms with Crippen molar-refractivity contribution in [3.8, 4) is 0 Å². The van der Waals surface area contributed by atoms with E-state index in [0.717, 1.165) is 11.3 Å². The summed E-state index contributed by atoms with van der Waals surface area (Å²) in [5, 5.41) is 0. The topological polar surface area (TPSA) is 51.2 Å². The van der Waals surface area contributed by atoms with E-state index in [9.17, 15) is 23.2 Å². The molecule has 80 valence electrons. The van der Waals surface area contributed by atoms with Gasteiger partial charge in [0.05, 0.1) is 16.2 Å². The summed E-state index contributed by atoms with van der Waals surface area (Å²) in [4.78, 5) is 32.5. The molecule has 0 aromatic carbocycles. The number of aldehydes is 1. The fourth-order valence-electron chi connectivity index (χ4n) is 0.889. The van der Waals surface area contributed by atoms with Crippen molar-refractivity contribution in [1.82, 2.24) is 0 Å². The van der Waals surface area contributed by atoms with Crippen molar-refractivity contribution in [3.05, 3.63) is 21.9 Å². The molecule has 0 radical (unpaired) electrons. The molecular formula is C9H6F2O3S. The lowest BCUT2D eigenvalue weighted by atomic mass is 10.2. The number of ketones is 2. The van der Waals surface area contributed by atoms with Gasteiger partial charge in [0.15, 0.2) is 12.1 Å². The largest absolute Gasteiger partial charge is 0.297 e. The van der Waals surface area contributed by atoms with E-state index in [4.69, 9.17) is 0 Å². The molecule has 0 fully saturated rings. The third-order valence-corrected chi connectivity index (χ3v) is 2.65. The summed E-state index contributed by atoms with van der Waals surface area (Å²) in [5.74, 6) is -2.08. The van der Waals surface area contributed by atoms with Crippen LogP contribution in [0.3, 0.4) is 0 Å². The predicted molar refractivity (Wildman–Crippen MR) is 49.7 cm³/mol.